The van der Waals surface area contributed by atoms with Crippen molar-refractivity contribution >= 4 is 11.7 Å². The van der Waals surface area contributed by atoms with Gasteiger partial charge in [-0.2, -0.15) is 0 Å². The predicted octanol–water partition coefficient (Wildman–Crippen LogP) is 2.52. The third-order valence-electron chi connectivity index (χ3n) is 3.79. The quantitative estimate of drug-likeness (QED) is 0.807. The number of para-hydroxylation sites is 1. The van der Waals surface area contributed by atoms with E-state index in [-0.39, 0.29) is 12.1 Å². The minimum absolute atomic E-state index is 0.0299. The van der Waals surface area contributed by atoms with Crippen LogP contribution in [-0.2, 0) is 0 Å². The second kappa shape index (κ2) is 8.89. The molecule has 0 aliphatic carbocycles. The number of hydrogen-bond acceptors (Lipinski definition) is 5. The minimum Gasteiger partial charge on any atom is -0.496 e. The number of nitrogens with zero attached hydrogens (tertiary/aromatic N) is 2. The summed E-state index contributed by atoms with van der Waals surface area (Å²) in [7, 11) is 7.07. The van der Waals surface area contributed by atoms with Crippen LogP contribution in [0.5, 0.6) is 11.6 Å². The number of carbonyl (C=O) groups excluding carboxylic acids is 1. The Morgan fingerprint density at radius 2 is 1.92 bits per heavy atom. The Kier molecular flexibility index (Phi) is 6.59. The highest BCUT2D eigenvalue weighted by Gasteiger charge is 2.19. The molecule has 1 atom stereocenters. The summed E-state index contributed by atoms with van der Waals surface area (Å²) < 4.78 is 10.6. The fraction of sp³-hybridized carbons (Fsp3) is 0.333. The topological polar surface area (TPSA) is 75.7 Å². The van der Waals surface area contributed by atoms with Gasteiger partial charge in [0.25, 0.3) is 0 Å². The van der Waals surface area contributed by atoms with Gasteiger partial charge >= 0.3 is 6.03 Å². The molecule has 0 spiro atoms. The molecule has 25 heavy (non-hydrogen) atoms. The second-order valence-corrected chi connectivity index (χ2v) is 5.62. The van der Waals surface area contributed by atoms with E-state index in [0.29, 0.717) is 18.1 Å². The van der Waals surface area contributed by atoms with Gasteiger partial charge in [-0.25, -0.2) is 9.78 Å². The van der Waals surface area contributed by atoms with Crippen LogP contribution in [0.4, 0.5) is 10.5 Å². The highest BCUT2D eigenvalue weighted by atomic mass is 16.5. The molecule has 0 radical (unpaired) electrons. The molecule has 2 rings (SSSR count). The van der Waals surface area contributed by atoms with Crippen molar-refractivity contribution in [1.82, 2.24) is 15.2 Å². The molecule has 0 saturated carbocycles. The smallest absolute Gasteiger partial charge is 0.319 e. The van der Waals surface area contributed by atoms with E-state index in [1.54, 1.807) is 25.4 Å². The molecule has 0 saturated heterocycles. The van der Waals surface area contributed by atoms with E-state index in [2.05, 4.69) is 15.6 Å². The molecule has 0 bridgehead atoms. The van der Waals surface area contributed by atoms with E-state index in [4.69, 9.17) is 9.47 Å². The fourth-order valence-corrected chi connectivity index (χ4v) is 2.52. The first-order chi connectivity index (χ1) is 12.1. The van der Waals surface area contributed by atoms with Gasteiger partial charge in [0.2, 0.25) is 5.88 Å². The van der Waals surface area contributed by atoms with Crippen LogP contribution in [0.2, 0.25) is 0 Å². The molecule has 1 heterocycles. The van der Waals surface area contributed by atoms with Crippen molar-refractivity contribution in [3.8, 4) is 11.6 Å². The summed E-state index contributed by atoms with van der Waals surface area (Å²) in [6, 6.07) is 10.9. The normalized spacial score (nSPS) is 11.7. The number of ether oxygens (including phenoxy) is 2. The molecule has 0 aliphatic rings. The van der Waals surface area contributed by atoms with Gasteiger partial charge in [-0.3, -0.25) is 0 Å². The minimum atomic E-state index is -0.326. The lowest BCUT2D eigenvalue weighted by Crippen LogP contribution is -2.37. The van der Waals surface area contributed by atoms with E-state index >= 15 is 0 Å². The zero-order chi connectivity index (χ0) is 18.2. The third-order valence-corrected chi connectivity index (χ3v) is 3.79. The largest absolute Gasteiger partial charge is 0.496 e. The standard InChI is InChI=1S/C18H24N4O3/c1-22(2)15(13-8-5-6-10-16(13)24-3)12-20-18(23)21-14-9-7-11-19-17(14)25-4/h5-11,15H,12H2,1-4H3,(H2,20,21,23)/t15-/m0/s1. The predicted molar refractivity (Wildman–Crippen MR) is 97.2 cm³/mol. The molecular weight excluding hydrogens is 320 g/mol. The number of rotatable bonds is 7. The maximum Gasteiger partial charge on any atom is 0.319 e. The number of methoxy groups -OCH3 is 2. The highest BCUT2D eigenvalue weighted by molar-refractivity contribution is 5.90. The maximum atomic E-state index is 12.2. The van der Waals surface area contributed by atoms with E-state index in [1.807, 2.05) is 43.3 Å². The van der Waals surface area contributed by atoms with Crippen LogP contribution in [-0.4, -0.2) is 50.8 Å². The first-order valence-electron chi connectivity index (χ1n) is 7.90. The van der Waals surface area contributed by atoms with Crippen LogP contribution in [0.15, 0.2) is 42.6 Å². The zero-order valence-electron chi connectivity index (χ0n) is 14.9. The summed E-state index contributed by atoms with van der Waals surface area (Å²) in [5.74, 6) is 1.16. The van der Waals surface area contributed by atoms with E-state index in [9.17, 15) is 4.79 Å². The van der Waals surface area contributed by atoms with Gasteiger partial charge in [0, 0.05) is 18.3 Å². The molecule has 2 aromatic rings. The number of carbonyl (C=O) groups is 1. The van der Waals surface area contributed by atoms with Gasteiger partial charge in [0.1, 0.15) is 11.4 Å². The summed E-state index contributed by atoms with van der Waals surface area (Å²) in [5.41, 5.74) is 1.52. The molecule has 0 unspecified atom stereocenters. The summed E-state index contributed by atoms with van der Waals surface area (Å²) in [6.07, 6.45) is 1.60. The maximum absolute atomic E-state index is 12.2. The number of urea groups is 1. The number of pyridine rings is 1. The molecule has 7 heteroatoms. The first-order valence-corrected chi connectivity index (χ1v) is 7.90. The second-order valence-electron chi connectivity index (χ2n) is 5.62. The molecule has 134 valence electrons. The monoisotopic (exact) mass is 344 g/mol. The summed E-state index contributed by atoms with van der Waals surface area (Å²) >= 11 is 0. The van der Waals surface area contributed by atoms with Crippen molar-refractivity contribution in [2.24, 2.45) is 0 Å². The Balaban J connectivity index is 2.05. The van der Waals surface area contributed by atoms with Crippen LogP contribution in [0, 0.1) is 0 Å². The van der Waals surface area contributed by atoms with Gasteiger partial charge in [-0.15, -0.1) is 0 Å². The molecular formula is C18H24N4O3. The van der Waals surface area contributed by atoms with E-state index < -0.39 is 0 Å². The van der Waals surface area contributed by atoms with Gasteiger partial charge in [-0.05, 0) is 32.3 Å². The number of likely N-dealkylation sites (N-methyl/N-ethyl adjacent to an activating group) is 1. The molecule has 7 nitrogen and oxygen atoms in total. The SMILES string of the molecule is COc1ccccc1[C@H](CNC(=O)Nc1cccnc1OC)N(C)C. The molecule has 2 N–H and O–H groups in total. The van der Waals surface area contributed by atoms with Gasteiger partial charge in [0.05, 0.1) is 20.3 Å². The van der Waals surface area contributed by atoms with E-state index in [1.165, 1.54) is 7.11 Å². The highest BCUT2D eigenvalue weighted by Crippen LogP contribution is 2.27. The molecule has 0 fully saturated rings. The zero-order valence-corrected chi connectivity index (χ0v) is 14.9. The third kappa shape index (κ3) is 4.84. The number of hydrogen-bond donors (Lipinski definition) is 2. The lowest BCUT2D eigenvalue weighted by molar-refractivity contribution is 0.242. The van der Waals surface area contributed by atoms with Gasteiger partial charge in [0.15, 0.2) is 0 Å². The number of nitrogens with one attached hydrogen (secondary N) is 2. The van der Waals surface area contributed by atoms with Gasteiger partial charge in [-0.1, -0.05) is 18.2 Å². The summed E-state index contributed by atoms with van der Waals surface area (Å²) in [4.78, 5) is 18.3. The van der Waals surface area contributed by atoms with Crippen LogP contribution >= 0.6 is 0 Å². The number of aromatic nitrogens is 1. The van der Waals surface area contributed by atoms with E-state index in [0.717, 1.165) is 11.3 Å². The van der Waals surface area contributed by atoms with Crippen LogP contribution in [0.25, 0.3) is 0 Å². The Morgan fingerprint density at radius 3 is 2.60 bits per heavy atom. The van der Waals surface area contributed by atoms with Crippen molar-refractivity contribution in [2.75, 3.05) is 40.2 Å². The lowest BCUT2D eigenvalue weighted by atomic mass is 10.0. The Bertz CT molecular complexity index is 706. The summed E-state index contributed by atoms with van der Waals surface area (Å²) in [6.45, 7) is 0.418. The van der Waals surface area contributed by atoms with Crippen LogP contribution in [0.1, 0.15) is 11.6 Å². The van der Waals surface area contributed by atoms with Crippen molar-refractivity contribution in [1.29, 1.82) is 0 Å². The van der Waals surface area contributed by atoms with Crippen molar-refractivity contribution in [2.45, 2.75) is 6.04 Å². The average Bonchev–Trinajstić information content (AvgIpc) is 2.62. The molecule has 2 amide bonds. The van der Waals surface area contributed by atoms with Gasteiger partial charge < -0.3 is 25.0 Å². The summed E-state index contributed by atoms with van der Waals surface area (Å²) in [5, 5.41) is 5.63. The Hall–Kier alpha value is -2.80. The molecule has 1 aromatic carbocycles. The fourth-order valence-electron chi connectivity index (χ4n) is 2.52. The average molecular weight is 344 g/mol. The van der Waals surface area contributed by atoms with Crippen molar-refractivity contribution in [3.63, 3.8) is 0 Å². The number of amides is 2. The van der Waals surface area contributed by atoms with Crippen molar-refractivity contribution in [3.05, 3.63) is 48.2 Å². The Labute approximate surface area is 148 Å². The number of benzene rings is 1. The van der Waals surface area contributed by atoms with Crippen molar-refractivity contribution < 1.29 is 14.3 Å². The van der Waals surface area contributed by atoms with Crippen LogP contribution in [0.3, 0.4) is 0 Å². The van der Waals surface area contributed by atoms with Crippen LogP contribution < -0.4 is 20.1 Å². The first kappa shape index (κ1) is 18.5. The molecule has 0 aliphatic heterocycles. The number of anilines is 1. The molecule has 1 aromatic heterocycles. The lowest BCUT2D eigenvalue weighted by Gasteiger charge is -2.26. The Morgan fingerprint density at radius 1 is 1.16 bits per heavy atom.